The lowest BCUT2D eigenvalue weighted by Crippen LogP contribution is -2.30. The number of hydrogen-bond donors (Lipinski definition) is 0. The van der Waals surface area contributed by atoms with Crippen LogP contribution in [0.15, 0.2) is 122 Å². The predicted octanol–water partition coefficient (Wildman–Crippen LogP) is 15.4. The van der Waals surface area contributed by atoms with Crippen LogP contribution in [0.2, 0.25) is 0 Å². The van der Waals surface area contributed by atoms with E-state index in [9.17, 15) is 9.59 Å². The Morgan fingerprint density at radius 1 is 0.414 bits per heavy atom. The van der Waals surface area contributed by atoms with Gasteiger partial charge >= 0.3 is 11.9 Å². The van der Waals surface area contributed by atoms with Crippen LogP contribution in [-0.2, 0) is 23.8 Å². The molecule has 326 valence electrons. The second-order valence-corrected chi connectivity index (χ2v) is 14.6. The van der Waals surface area contributed by atoms with Gasteiger partial charge in [0, 0.05) is 13.0 Å². The standard InChI is InChI=1S/C53H84O5/c1-4-7-10-13-16-19-21-23-25-26-27-29-31-33-36-39-42-45-48-56-49-51(58-53(55)47-44-41-38-34-18-15-12-9-6-3)50-57-52(54)46-43-40-37-35-32-30-28-24-22-20-17-14-11-8-5-2/h7-8,10-11,16-17,19-20,23-25,27-29,32-33,35-36,40,43,51H,4-6,9,12-15,18,21-22,26,30-31,34,37-39,41-42,44-50H2,1-3H3/b10-7-,11-8-,19-16-,20-17-,25-23-,28-24-,29-27-,35-32-,36-33-,43-40-. The first-order chi connectivity index (χ1) is 28.6. The van der Waals surface area contributed by atoms with Gasteiger partial charge in [0.25, 0.3) is 0 Å². The van der Waals surface area contributed by atoms with E-state index in [1.165, 1.54) is 38.5 Å². The zero-order valence-electron chi connectivity index (χ0n) is 37.3. The third kappa shape index (κ3) is 45.0. The molecule has 1 unspecified atom stereocenters. The first-order valence-corrected chi connectivity index (χ1v) is 23.1. The summed E-state index contributed by atoms with van der Waals surface area (Å²) in [4.78, 5) is 25.1. The van der Waals surface area contributed by atoms with Crippen LogP contribution >= 0.6 is 0 Å². The summed E-state index contributed by atoms with van der Waals surface area (Å²) in [5.74, 6) is -0.581. The molecular weight excluding hydrogens is 717 g/mol. The van der Waals surface area contributed by atoms with Gasteiger partial charge in [0.15, 0.2) is 6.10 Å². The normalized spacial score (nSPS) is 13.4. The van der Waals surface area contributed by atoms with E-state index in [0.29, 0.717) is 13.0 Å². The Hall–Kier alpha value is -3.70. The summed E-state index contributed by atoms with van der Waals surface area (Å²) in [5.41, 5.74) is 0. The van der Waals surface area contributed by atoms with E-state index in [4.69, 9.17) is 14.2 Å². The van der Waals surface area contributed by atoms with Crippen LogP contribution in [0, 0.1) is 0 Å². The quantitative estimate of drug-likeness (QED) is 0.0351. The van der Waals surface area contributed by atoms with Crippen molar-refractivity contribution >= 4 is 11.9 Å². The molecule has 5 heteroatoms. The molecule has 58 heavy (non-hydrogen) atoms. The minimum absolute atomic E-state index is 0.00702. The van der Waals surface area contributed by atoms with E-state index < -0.39 is 6.10 Å². The highest BCUT2D eigenvalue weighted by molar-refractivity contribution is 5.71. The minimum atomic E-state index is -0.602. The zero-order valence-corrected chi connectivity index (χ0v) is 37.3. The van der Waals surface area contributed by atoms with Crippen molar-refractivity contribution in [3.05, 3.63) is 122 Å². The summed E-state index contributed by atoms with van der Waals surface area (Å²) < 4.78 is 17.1. The van der Waals surface area contributed by atoms with Crippen LogP contribution in [0.3, 0.4) is 0 Å². The first-order valence-electron chi connectivity index (χ1n) is 23.1. The molecule has 0 amide bonds. The van der Waals surface area contributed by atoms with Crippen molar-refractivity contribution in [2.75, 3.05) is 19.8 Å². The molecule has 0 saturated heterocycles. The molecule has 0 aromatic carbocycles. The summed E-state index contributed by atoms with van der Waals surface area (Å²) in [5, 5.41) is 0. The third-order valence-corrected chi connectivity index (χ3v) is 9.03. The molecule has 1 atom stereocenters. The lowest BCUT2D eigenvalue weighted by atomic mass is 10.1. The molecule has 0 aliphatic rings. The zero-order chi connectivity index (χ0) is 42.1. The number of rotatable bonds is 40. The average Bonchev–Trinajstić information content (AvgIpc) is 3.22. The van der Waals surface area contributed by atoms with E-state index in [-0.39, 0.29) is 31.6 Å². The summed E-state index contributed by atoms with van der Waals surface area (Å²) in [6.45, 7) is 7.34. The van der Waals surface area contributed by atoms with Gasteiger partial charge in [0.2, 0.25) is 0 Å². The molecule has 0 N–H and O–H groups in total. The van der Waals surface area contributed by atoms with Crippen molar-refractivity contribution in [1.82, 2.24) is 0 Å². The maximum absolute atomic E-state index is 12.7. The Balaban J connectivity index is 4.45. The van der Waals surface area contributed by atoms with Gasteiger partial charge in [0.05, 0.1) is 13.0 Å². The van der Waals surface area contributed by atoms with E-state index in [1.54, 1.807) is 0 Å². The van der Waals surface area contributed by atoms with Gasteiger partial charge in [-0.05, 0) is 89.9 Å². The van der Waals surface area contributed by atoms with Crippen molar-refractivity contribution in [3.63, 3.8) is 0 Å². The maximum atomic E-state index is 12.7. The summed E-state index contributed by atoms with van der Waals surface area (Å²) >= 11 is 0. The van der Waals surface area contributed by atoms with Crippen molar-refractivity contribution in [2.45, 2.75) is 181 Å². The Kier molecular flexibility index (Phi) is 44.6. The monoisotopic (exact) mass is 801 g/mol. The molecule has 0 rings (SSSR count). The maximum Gasteiger partial charge on any atom is 0.309 e. The lowest BCUT2D eigenvalue weighted by Gasteiger charge is -2.18. The van der Waals surface area contributed by atoms with Gasteiger partial charge in [0.1, 0.15) is 6.61 Å². The van der Waals surface area contributed by atoms with Gasteiger partial charge in [-0.25, -0.2) is 0 Å². The number of unbranched alkanes of at least 4 members (excludes halogenated alkanes) is 10. The summed E-state index contributed by atoms with van der Waals surface area (Å²) in [6.07, 6.45) is 66.6. The van der Waals surface area contributed by atoms with Gasteiger partial charge in [-0.2, -0.15) is 0 Å². The van der Waals surface area contributed by atoms with Crippen LogP contribution < -0.4 is 0 Å². The fourth-order valence-electron chi connectivity index (χ4n) is 5.67. The van der Waals surface area contributed by atoms with Gasteiger partial charge in [-0.3, -0.25) is 9.59 Å². The molecule has 0 radical (unpaired) electrons. The van der Waals surface area contributed by atoms with Crippen LogP contribution in [0.5, 0.6) is 0 Å². The Labute approximate surface area is 356 Å². The third-order valence-electron chi connectivity index (χ3n) is 9.03. The van der Waals surface area contributed by atoms with Gasteiger partial charge in [-0.15, -0.1) is 0 Å². The van der Waals surface area contributed by atoms with E-state index in [0.717, 1.165) is 103 Å². The smallest absolute Gasteiger partial charge is 0.309 e. The van der Waals surface area contributed by atoms with E-state index >= 15 is 0 Å². The molecule has 0 aromatic rings. The number of carbonyl (C=O) groups is 2. The molecule has 5 nitrogen and oxygen atoms in total. The summed E-state index contributed by atoms with van der Waals surface area (Å²) in [6, 6.07) is 0. The Morgan fingerprint density at radius 2 is 0.828 bits per heavy atom. The molecule has 0 fully saturated rings. The second kappa shape index (κ2) is 47.7. The number of carbonyl (C=O) groups excluding carboxylic acids is 2. The van der Waals surface area contributed by atoms with Crippen molar-refractivity contribution in [1.29, 1.82) is 0 Å². The van der Waals surface area contributed by atoms with Crippen LogP contribution in [-0.4, -0.2) is 37.9 Å². The topological polar surface area (TPSA) is 61.8 Å². The molecule has 0 spiro atoms. The van der Waals surface area contributed by atoms with Gasteiger partial charge in [-0.1, -0.05) is 194 Å². The highest BCUT2D eigenvalue weighted by Crippen LogP contribution is 2.12. The summed E-state index contributed by atoms with van der Waals surface area (Å²) in [7, 11) is 0. The minimum Gasteiger partial charge on any atom is -0.461 e. The average molecular weight is 801 g/mol. The van der Waals surface area contributed by atoms with Crippen LogP contribution in [0.1, 0.15) is 175 Å². The number of hydrogen-bond acceptors (Lipinski definition) is 5. The van der Waals surface area contributed by atoms with Crippen molar-refractivity contribution in [3.8, 4) is 0 Å². The number of allylic oxidation sites excluding steroid dienone is 19. The second-order valence-electron chi connectivity index (χ2n) is 14.6. The fourth-order valence-corrected chi connectivity index (χ4v) is 5.67. The largest absolute Gasteiger partial charge is 0.461 e. The fraction of sp³-hybridized carbons (Fsp3) is 0.585. The SMILES string of the molecule is CC/C=C\C/C=C\C/C=C\C/C=C\C/C=C\CCCCOCC(COC(=O)C/C=C\C/C=C\C/C=C\C/C=C\C/C=C\CC)OC(=O)CCCCCCCCCCC. The first kappa shape index (κ1) is 54.3. The number of ether oxygens (including phenoxy) is 3. The lowest BCUT2D eigenvalue weighted by molar-refractivity contribution is -0.162. The molecule has 0 aliphatic heterocycles. The highest BCUT2D eigenvalue weighted by atomic mass is 16.6. The van der Waals surface area contributed by atoms with E-state index in [1.807, 2.05) is 12.2 Å². The van der Waals surface area contributed by atoms with Crippen molar-refractivity contribution in [2.24, 2.45) is 0 Å². The van der Waals surface area contributed by atoms with E-state index in [2.05, 4.69) is 130 Å². The molecule has 0 heterocycles. The number of esters is 2. The van der Waals surface area contributed by atoms with Crippen LogP contribution in [0.4, 0.5) is 0 Å². The molecule has 0 aliphatic carbocycles. The van der Waals surface area contributed by atoms with Crippen LogP contribution in [0.25, 0.3) is 0 Å². The molecule has 0 saturated carbocycles. The molecular formula is C53H84O5. The predicted molar refractivity (Wildman–Crippen MR) is 251 cm³/mol. The van der Waals surface area contributed by atoms with Gasteiger partial charge < -0.3 is 14.2 Å². The Morgan fingerprint density at radius 3 is 1.29 bits per heavy atom. The highest BCUT2D eigenvalue weighted by Gasteiger charge is 2.17. The molecule has 0 bridgehead atoms. The van der Waals surface area contributed by atoms with Crippen molar-refractivity contribution < 1.29 is 23.8 Å². The Bertz CT molecular complexity index is 1220. The molecule has 0 aromatic heterocycles.